The number of aromatic nitrogens is 4. The van der Waals surface area contributed by atoms with Crippen LogP contribution in [0.4, 0.5) is 5.69 Å². The number of rotatable bonds is 7. The van der Waals surface area contributed by atoms with Gasteiger partial charge in [0.25, 0.3) is 10.0 Å². The number of carbonyl (C=O) groups is 1. The van der Waals surface area contributed by atoms with Crippen molar-refractivity contribution in [1.29, 1.82) is 0 Å². The Morgan fingerprint density at radius 2 is 2.11 bits per heavy atom. The number of thiophene rings is 1. The first kappa shape index (κ1) is 19.9. The molecular formula is C16H18N6O4S2. The fourth-order valence-electron chi connectivity index (χ4n) is 2.40. The van der Waals surface area contributed by atoms with E-state index in [4.69, 9.17) is 4.74 Å². The lowest BCUT2D eigenvalue weighted by Crippen LogP contribution is -2.41. The lowest BCUT2D eigenvalue weighted by atomic mass is 10.2. The molecule has 2 heterocycles. The summed E-state index contributed by atoms with van der Waals surface area (Å²) in [5, 5.41) is 15.7. The van der Waals surface area contributed by atoms with E-state index in [0.717, 1.165) is 11.3 Å². The minimum atomic E-state index is -3.76. The molecule has 148 valence electrons. The monoisotopic (exact) mass is 422 g/mol. The van der Waals surface area contributed by atoms with E-state index in [1.54, 1.807) is 36.6 Å². The van der Waals surface area contributed by atoms with Gasteiger partial charge in [0.05, 0.1) is 13.2 Å². The maximum Gasteiger partial charge on any atom is 0.250 e. The fourth-order valence-corrected chi connectivity index (χ4v) is 4.61. The molecular weight excluding hydrogens is 404 g/mol. The molecule has 0 bridgehead atoms. The number of methoxy groups -OCH3 is 1. The van der Waals surface area contributed by atoms with Crippen LogP contribution in [-0.2, 0) is 14.8 Å². The van der Waals surface area contributed by atoms with Gasteiger partial charge in [0, 0.05) is 5.69 Å². The van der Waals surface area contributed by atoms with E-state index < -0.39 is 22.0 Å². The minimum Gasteiger partial charge on any atom is -0.494 e. The lowest BCUT2D eigenvalue weighted by molar-refractivity contribution is -0.117. The van der Waals surface area contributed by atoms with Gasteiger partial charge in [-0.1, -0.05) is 6.07 Å². The summed E-state index contributed by atoms with van der Waals surface area (Å²) in [5.74, 6) is 0.545. The number of hydrogen-bond donors (Lipinski definition) is 2. The number of carbonyl (C=O) groups excluding carboxylic acids is 1. The molecule has 12 heteroatoms. The van der Waals surface area contributed by atoms with Gasteiger partial charge in [-0.05, 0) is 53.9 Å². The van der Waals surface area contributed by atoms with Crippen molar-refractivity contribution in [2.24, 2.45) is 0 Å². The average Bonchev–Trinajstić information content (AvgIpc) is 3.33. The van der Waals surface area contributed by atoms with Gasteiger partial charge in [-0.3, -0.25) is 4.79 Å². The van der Waals surface area contributed by atoms with Crippen LogP contribution in [0.2, 0.25) is 0 Å². The largest absolute Gasteiger partial charge is 0.494 e. The Morgan fingerprint density at radius 3 is 2.71 bits per heavy atom. The Bertz CT molecular complexity index is 1080. The zero-order chi connectivity index (χ0) is 20.3. The average molecular weight is 422 g/mol. The molecule has 1 atom stereocenters. The number of amides is 1. The van der Waals surface area contributed by atoms with Crippen molar-refractivity contribution in [3.63, 3.8) is 0 Å². The van der Waals surface area contributed by atoms with Crippen molar-refractivity contribution in [2.75, 3.05) is 12.4 Å². The maximum atomic E-state index is 12.5. The molecule has 0 saturated carbocycles. The van der Waals surface area contributed by atoms with Crippen LogP contribution in [0.1, 0.15) is 12.7 Å². The summed E-state index contributed by atoms with van der Waals surface area (Å²) in [4.78, 5) is 12.5. The second kappa shape index (κ2) is 8.04. The van der Waals surface area contributed by atoms with E-state index >= 15 is 0 Å². The first-order valence-electron chi connectivity index (χ1n) is 8.12. The van der Waals surface area contributed by atoms with Crippen LogP contribution in [0.3, 0.4) is 0 Å². The van der Waals surface area contributed by atoms with Gasteiger partial charge in [0.15, 0.2) is 5.82 Å². The summed E-state index contributed by atoms with van der Waals surface area (Å²) in [6.07, 6.45) is 0. The predicted molar refractivity (Wildman–Crippen MR) is 103 cm³/mol. The Kier molecular flexibility index (Phi) is 5.72. The molecule has 1 aromatic carbocycles. The summed E-state index contributed by atoms with van der Waals surface area (Å²) in [6.45, 7) is 3.20. The standard InChI is InChI=1S/C16H18N6O4S2/c1-10(19-28(24,25)15-5-4-8-27-15)16(23)17-12-6-7-14(26-3)13(9-12)22-11(2)18-20-21-22/h4-10,19H,1-3H3,(H,17,23). The highest BCUT2D eigenvalue weighted by atomic mass is 32.2. The molecule has 10 nitrogen and oxygen atoms in total. The van der Waals surface area contributed by atoms with Crippen molar-refractivity contribution in [2.45, 2.75) is 24.1 Å². The second-order valence-electron chi connectivity index (χ2n) is 5.79. The van der Waals surface area contributed by atoms with Crippen molar-refractivity contribution in [3.05, 3.63) is 41.5 Å². The van der Waals surface area contributed by atoms with Gasteiger partial charge in [-0.15, -0.1) is 16.4 Å². The summed E-state index contributed by atoms with van der Waals surface area (Å²) >= 11 is 1.08. The van der Waals surface area contributed by atoms with Gasteiger partial charge in [0.1, 0.15) is 15.6 Å². The third-order valence-corrected chi connectivity index (χ3v) is 6.72. The summed E-state index contributed by atoms with van der Waals surface area (Å²) in [6, 6.07) is 7.06. The van der Waals surface area contributed by atoms with E-state index in [-0.39, 0.29) is 4.21 Å². The Hall–Kier alpha value is -2.83. The van der Waals surface area contributed by atoms with Crippen LogP contribution in [0.5, 0.6) is 5.75 Å². The molecule has 0 aliphatic heterocycles. The third kappa shape index (κ3) is 4.18. The topological polar surface area (TPSA) is 128 Å². The molecule has 3 rings (SSSR count). The SMILES string of the molecule is COc1ccc(NC(=O)C(C)NS(=O)(=O)c2cccs2)cc1-n1nnnc1C. The molecule has 0 fully saturated rings. The van der Waals surface area contributed by atoms with Crippen LogP contribution in [-0.4, -0.2) is 47.7 Å². The zero-order valence-electron chi connectivity index (χ0n) is 15.3. The van der Waals surface area contributed by atoms with Gasteiger partial charge in [-0.25, -0.2) is 8.42 Å². The Balaban J connectivity index is 1.78. The van der Waals surface area contributed by atoms with E-state index in [0.29, 0.717) is 22.9 Å². The van der Waals surface area contributed by atoms with Crippen molar-refractivity contribution >= 4 is 33.0 Å². The molecule has 0 saturated heterocycles. The number of hydrogen-bond acceptors (Lipinski definition) is 8. The number of sulfonamides is 1. The molecule has 1 unspecified atom stereocenters. The van der Waals surface area contributed by atoms with Crippen molar-refractivity contribution < 1.29 is 17.9 Å². The highest BCUT2D eigenvalue weighted by Crippen LogP contribution is 2.26. The van der Waals surface area contributed by atoms with Gasteiger partial charge >= 0.3 is 0 Å². The molecule has 3 aromatic rings. The van der Waals surface area contributed by atoms with Crippen LogP contribution in [0, 0.1) is 6.92 Å². The third-order valence-electron chi connectivity index (χ3n) is 3.79. The molecule has 28 heavy (non-hydrogen) atoms. The first-order valence-corrected chi connectivity index (χ1v) is 10.5. The molecule has 0 aliphatic rings. The number of nitrogens with one attached hydrogen (secondary N) is 2. The minimum absolute atomic E-state index is 0.146. The van der Waals surface area contributed by atoms with Crippen LogP contribution in [0.25, 0.3) is 5.69 Å². The second-order valence-corrected chi connectivity index (χ2v) is 8.68. The summed E-state index contributed by atoms with van der Waals surface area (Å²) in [7, 11) is -2.24. The number of tetrazole rings is 1. The van der Waals surface area contributed by atoms with E-state index in [2.05, 4.69) is 25.6 Å². The van der Waals surface area contributed by atoms with Gasteiger partial charge in [0.2, 0.25) is 5.91 Å². The number of anilines is 1. The van der Waals surface area contributed by atoms with Gasteiger partial charge in [-0.2, -0.15) is 9.40 Å². The summed E-state index contributed by atoms with van der Waals surface area (Å²) < 4.78 is 33.8. The smallest absolute Gasteiger partial charge is 0.250 e. The molecule has 2 N–H and O–H groups in total. The number of ether oxygens (including phenoxy) is 1. The first-order chi connectivity index (χ1) is 13.3. The summed E-state index contributed by atoms with van der Waals surface area (Å²) in [5.41, 5.74) is 0.979. The van der Waals surface area contributed by atoms with Gasteiger partial charge < -0.3 is 10.1 Å². The molecule has 0 radical (unpaired) electrons. The van der Waals surface area contributed by atoms with E-state index in [1.807, 2.05) is 0 Å². The normalized spacial score (nSPS) is 12.5. The molecule has 0 aliphatic carbocycles. The number of benzene rings is 1. The lowest BCUT2D eigenvalue weighted by Gasteiger charge is -2.15. The highest BCUT2D eigenvalue weighted by molar-refractivity contribution is 7.91. The molecule has 1 amide bonds. The van der Waals surface area contributed by atoms with Crippen LogP contribution >= 0.6 is 11.3 Å². The zero-order valence-corrected chi connectivity index (χ0v) is 16.9. The number of nitrogens with zero attached hydrogens (tertiary/aromatic N) is 4. The Labute approximate surface area is 165 Å². The van der Waals surface area contributed by atoms with E-state index in [9.17, 15) is 13.2 Å². The van der Waals surface area contributed by atoms with Crippen LogP contribution < -0.4 is 14.8 Å². The quantitative estimate of drug-likeness (QED) is 0.588. The molecule has 0 spiro atoms. The highest BCUT2D eigenvalue weighted by Gasteiger charge is 2.23. The van der Waals surface area contributed by atoms with Crippen LogP contribution in [0.15, 0.2) is 39.9 Å². The number of aryl methyl sites for hydroxylation is 1. The molecule has 2 aromatic heterocycles. The maximum absolute atomic E-state index is 12.5. The Morgan fingerprint density at radius 1 is 1.32 bits per heavy atom. The van der Waals surface area contributed by atoms with E-state index in [1.165, 1.54) is 24.8 Å². The predicted octanol–water partition coefficient (Wildman–Crippen LogP) is 1.35. The van der Waals surface area contributed by atoms with Crippen molar-refractivity contribution in [3.8, 4) is 11.4 Å². The fraction of sp³-hybridized carbons (Fsp3) is 0.250. The van der Waals surface area contributed by atoms with Crippen molar-refractivity contribution in [1.82, 2.24) is 24.9 Å².